The van der Waals surface area contributed by atoms with E-state index < -0.39 is 72.0 Å². The molecule has 0 saturated heterocycles. The molecule has 0 saturated carbocycles. The molecule has 0 fully saturated rings. The molecule has 0 spiro atoms. The van der Waals surface area contributed by atoms with Gasteiger partial charge in [-0.2, -0.15) is 0 Å². The number of hydrogen-bond donors (Lipinski definition) is 0. The van der Waals surface area contributed by atoms with E-state index in [9.17, 15) is 5.48 Å². The van der Waals surface area contributed by atoms with Crippen molar-refractivity contribution in [1.29, 1.82) is 0 Å². The van der Waals surface area contributed by atoms with Crippen molar-refractivity contribution < 1.29 is 19.5 Å². The number of rotatable bonds is 5. The van der Waals surface area contributed by atoms with Crippen molar-refractivity contribution in [2.24, 2.45) is 0 Å². The smallest absolute Gasteiger partial charge is 0.136 e. The average molecular weight is 649 g/mol. The highest BCUT2D eigenvalue weighted by Gasteiger charge is 2.22. The first-order valence-electron chi connectivity index (χ1n) is 21.7. The summed E-state index contributed by atoms with van der Waals surface area (Å²) in [5, 5.41) is 4.78. The molecule has 0 amide bonds. The highest BCUT2D eigenvalue weighted by Crippen LogP contribution is 2.47. The molecule has 2 heteroatoms. The number of benzene rings is 9. The van der Waals surface area contributed by atoms with Gasteiger partial charge in [-0.15, -0.1) is 0 Å². The number of furan rings is 1. The van der Waals surface area contributed by atoms with Crippen LogP contribution in [0.1, 0.15) is 15.1 Å². The third kappa shape index (κ3) is 4.57. The zero-order valence-electron chi connectivity index (χ0n) is 37.4. The van der Waals surface area contributed by atoms with Crippen LogP contribution in [0.3, 0.4) is 0 Å². The molecule has 0 atom stereocenters. The number of nitrogens with zero attached hydrogens (tertiary/aromatic N) is 1. The van der Waals surface area contributed by atoms with Crippen LogP contribution in [0.4, 0.5) is 17.1 Å². The Kier molecular flexibility index (Phi) is 4.46. The summed E-state index contributed by atoms with van der Waals surface area (Å²) in [6.45, 7) is 0. The summed E-state index contributed by atoms with van der Waals surface area (Å²) in [4.78, 5) is 1.72. The van der Waals surface area contributed by atoms with Gasteiger partial charge in [-0.1, -0.05) is 145 Å². The Bertz CT molecular complexity index is 3480. The standard InChI is InChI=1S/C48H31NO/c1-2-15-36-31-47-43(30-35(36)14-1)48-42(22-11-25-46(48)50-47)41-20-7-8-23-45(41)49(44-24-10-17-33-13-4-6-19-40(33)44)37-28-26-34(27-29-37)39-21-9-16-32-12-3-5-18-38(32)39/h1-31H/i3D,5D,9D,12D,16D,18D,21D,26D,27D,28D,29D. The largest absolute Gasteiger partial charge is 0.456 e. The maximum atomic E-state index is 9.73. The van der Waals surface area contributed by atoms with Gasteiger partial charge in [0.05, 0.1) is 26.5 Å². The minimum Gasteiger partial charge on any atom is -0.456 e. The van der Waals surface area contributed by atoms with Gasteiger partial charge in [0.15, 0.2) is 0 Å². The van der Waals surface area contributed by atoms with Crippen LogP contribution in [-0.2, 0) is 0 Å². The van der Waals surface area contributed by atoms with Gasteiger partial charge in [0.25, 0.3) is 0 Å². The monoisotopic (exact) mass is 648 g/mol. The molecule has 10 rings (SSSR count). The summed E-state index contributed by atoms with van der Waals surface area (Å²) in [6, 6.07) is 32.2. The molecule has 1 aromatic heterocycles. The second-order valence-electron chi connectivity index (χ2n) is 12.1. The summed E-state index contributed by atoms with van der Waals surface area (Å²) in [5.41, 5.74) is 3.06. The van der Waals surface area contributed by atoms with E-state index in [1.165, 1.54) is 0 Å². The van der Waals surface area contributed by atoms with Crippen molar-refractivity contribution in [2.45, 2.75) is 0 Å². The zero-order chi connectivity index (χ0) is 42.6. The summed E-state index contributed by atoms with van der Waals surface area (Å²) < 4.78 is 105. The summed E-state index contributed by atoms with van der Waals surface area (Å²) in [5.74, 6) is 0. The van der Waals surface area contributed by atoms with Crippen molar-refractivity contribution in [3.8, 4) is 22.3 Å². The molecular formula is C48H31NO. The van der Waals surface area contributed by atoms with Crippen LogP contribution in [0, 0.1) is 0 Å². The quantitative estimate of drug-likeness (QED) is 0.185. The molecule has 0 aliphatic heterocycles. The van der Waals surface area contributed by atoms with Gasteiger partial charge in [0, 0.05) is 27.4 Å². The predicted octanol–water partition coefficient (Wildman–Crippen LogP) is 13.8. The molecule has 9 aromatic carbocycles. The van der Waals surface area contributed by atoms with Gasteiger partial charge < -0.3 is 9.32 Å². The van der Waals surface area contributed by atoms with E-state index in [1.54, 1.807) is 4.90 Å². The van der Waals surface area contributed by atoms with Crippen LogP contribution in [0.15, 0.2) is 192 Å². The van der Waals surface area contributed by atoms with Gasteiger partial charge in [0.1, 0.15) is 11.2 Å². The summed E-state index contributed by atoms with van der Waals surface area (Å²) in [7, 11) is 0. The van der Waals surface area contributed by atoms with Gasteiger partial charge in [-0.25, -0.2) is 0 Å². The van der Waals surface area contributed by atoms with Crippen molar-refractivity contribution in [3.05, 3.63) is 188 Å². The van der Waals surface area contributed by atoms with Gasteiger partial charge in [0.2, 0.25) is 0 Å². The van der Waals surface area contributed by atoms with Crippen LogP contribution < -0.4 is 4.90 Å². The van der Waals surface area contributed by atoms with E-state index in [0.29, 0.717) is 28.1 Å². The second-order valence-corrected chi connectivity index (χ2v) is 12.1. The van der Waals surface area contributed by atoms with Crippen LogP contribution >= 0.6 is 0 Å². The lowest BCUT2D eigenvalue weighted by molar-refractivity contribution is 0.669. The highest BCUT2D eigenvalue weighted by molar-refractivity contribution is 6.17. The highest BCUT2D eigenvalue weighted by atomic mass is 16.3. The van der Waals surface area contributed by atoms with Crippen molar-refractivity contribution >= 4 is 71.3 Å². The number of para-hydroxylation sites is 1. The molecule has 0 unspecified atom stereocenters. The molecule has 0 aliphatic carbocycles. The Morgan fingerprint density at radius 2 is 1.10 bits per heavy atom. The predicted molar refractivity (Wildman–Crippen MR) is 212 cm³/mol. The van der Waals surface area contributed by atoms with Crippen molar-refractivity contribution in [2.75, 3.05) is 4.90 Å². The Labute approximate surface area is 305 Å². The maximum Gasteiger partial charge on any atom is 0.136 e. The first kappa shape index (κ1) is 19.4. The van der Waals surface area contributed by atoms with Crippen LogP contribution in [0.2, 0.25) is 0 Å². The molecule has 0 bridgehead atoms. The van der Waals surface area contributed by atoms with E-state index in [-0.39, 0.29) is 22.0 Å². The number of hydrogen-bond acceptors (Lipinski definition) is 2. The Morgan fingerprint density at radius 3 is 2.00 bits per heavy atom. The topological polar surface area (TPSA) is 16.4 Å². The van der Waals surface area contributed by atoms with E-state index in [2.05, 4.69) is 6.07 Å². The molecule has 0 aliphatic rings. The van der Waals surface area contributed by atoms with Crippen LogP contribution in [0.25, 0.3) is 76.5 Å². The van der Waals surface area contributed by atoms with Gasteiger partial charge in [-0.05, 0) is 86.0 Å². The molecule has 1 heterocycles. The Hall–Kier alpha value is -6.64. The molecule has 50 heavy (non-hydrogen) atoms. The maximum absolute atomic E-state index is 9.73. The van der Waals surface area contributed by atoms with Gasteiger partial charge >= 0.3 is 0 Å². The molecule has 234 valence electrons. The first-order chi connectivity index (χ1) is 29.4. The fraction of sp³-hybridized carbons (Fsp3) is 0. The average Bonchev–Trinajstić information content (AvgIpc) is 3.65. The number of fused-ring (bicyclic) bond motifs is 6. The Morgan fingerprint density at radius 1 is 0.420 bits per heavy atom. The van der Waals surface area contributed by atoms with Crippen molar-refractivity contribution in [3.63, 3.8) is 0 Å². The first-order valence-corrected chi connectivity index (χ1v) is 16.2. The van der Waals surface area contributed by atoms with E-state index in [1.807, 2.05) is 115 Å². The normalized spacial score (nSPS) is 14.7. The fourth-order valence-corrected chi connectivity index (χ4v) is 6.95. The lowest BCUT2D eigenvalue weighted by Crippen LogP contribution is -2.11. The van der Waals surface area contributed by atoms with E-state index in [4.69, 9.17) is 14.0 Å². The molecule has 10 aromatic rings. The minimum absolute atomic E-state index is 0.112. The zero-order valence-corrected chi connectivity index (χ0v) is 26.4. The summed E-state index contributed by atoms with van der Waals surface area (Å²) >= 11 is 0. The third-order valence-corrected chi connectivity index (χ3v) is 9.20. The summed E-state index contributed by atoms with van der Waals surface area (Å²) in [6.07, 6.45) is 0. The molecule has 2 nitrogen and oxygen atoms in total. The van der Waals surface area contributed by atoms with Crippen LogP contribution in [-0.4, -0.2) is 0 Å². The van der Waals surface area contributed by atoms with Crippen LogP contribution in [0.5, 0.6) is 0 Å². The molecule has 0 N–H and O–H groups in total. The number of anilines is 3. The van der Waals surface area contributed by atoms with Gasteiger partial charge in [-0.3, -0.25) is 0 Å². The second kappa shape index (κ2) is 11.5. The van der Waals surface area contributed by atoms with E-state index in [0.717, 1.165) is 37.9 Å². The third-order valence-electron chi connectivity index (χ3n) is 9.20. The molecular weight excluding hydrogens is 607 g/mol. The lowest BCUT2D eigenvalue weighted by atomic mass is 9.95. The molecule has 0 radical (unpaired) electrons. The SMILES string of the molecule is [2H]c1c([2H])c(N(c2ccccc2-c2cccc3oc4cc5ccccc5cc4c23)c2cccc3ccccc23)c([2H])c([2H])c1-c1c([2H])c([2H])c([2H])c2c([2H])c([2H])c([2H])c([2H])c12. The van der Waals surface area contributed by atoms with Crippen molar-refractivity contribution in [1.82, 2.24) is 0 Å². The fourth-order valence-electron chi connectivity index (χ4n) is 6.95. The minimum atomic E-state index is -0.672. The van der Waals surface area contributed by atoms with E-state index >= 15 is 0 Å². The Balaban J connectivity index is 1.30. The lowest BCUT2D eigenvalue weighted by Gasteiger charge is -2.29.